The second-order valence-electron chi connectivity index (χ2n) is 2.97. The summed E-state index contributed by atoms with van der Waals surface area (Å²) in [7, 11) is 0. The van der Waals surface area contributed by atoms with E-state index in [0.29, 0.717) is 0 Å². The Kier molecular flexibility index (Phi) is 11.1. The smallest absolute Gasteiger partial charge is 0.306 e. The van der Waals surface area contributed by atoms with E-state index in [9.17, 15) is 4.79 Å². The van der Waals surface area contributed by atoms with Gasteiger partial charge in [-0.05, 0) is 12.8 Å². The zero-order valence-corrected chi connectivity index (χ0v) is 9.31. The van der Waals surface area contributed by atoms with Gasteiger partial charge in [0.2, 0.25) is 0 Å². The topological polar surface area (TPSA) is 37.3 Å². The standard InChI is InChI=1S/C9H18O2.V/c1-3-5-7-8(6-4-2)9(10)11;/h8H,3-7H2,1-2H3,(H,10,11);. The average molecular weight is 209 g/mol. The number of hydrogen-bond donors (Lipinski definition) is 1. The van der Waals surface area contributed by atoms with Gasteiger partial charge in [0.1, 0.15) is 0 Å². The molecule has 0 saturated carbocycles. The summed E-state index contributed by atoms with van der Waals surface area (Å²) in [5.41, 5.74) is 0. The van der Waals surface area contributed by atoms with Crippen molar-refractivity contribution in [3.63, 3.8) is 0 Å². The van der Waals surface area contributed by atoms with E-state index >= 15 is 0 Å². The molecule has 0 aliphatic heterocycles. The molecule has 0 amide bonds. The van der Waals surface area contributed by atoms with Crippen molar-refractivity contribution in [1.82, 2.24) is 0 Å². The van der Waals surface area contributed by atoms with Gasteiger partial charge in [0.15, 0.2) is 0 Å². The molecule has 0 aromatic carbocycles. The SMILES string of the molecule is CCCCC(CCC)C(=O)O.[V]. The molecule has 3 heteroatoms. The van der Waals surface area contributed by atoms with Crippen LogP contribution in [-0.2, 0) is 23.4 Å². The molecule has 0 spiro atoms. The van der Waals surface area contributed by atoms with Gasteiger partial charge < -0.3 is 5.11 Å². The first kappa shape index (κ1) is 14.6. The van der Waals surface area contributed by atoms with E-state index < -0.39 is 5.97 Å². The number of rotatable bonds is 6. The third kappa shape index (κ3) is 6.75. The minimum atomic E-state index is -0.625. The quantitative estimate of drug-likeness (QED) is 0.730. The first-order valence-corrected chi connectivity index (χ1v) is 4.45. The fraction of sp³-hybridized carbons (Fsp3) is 0.889. The Labute approximate surface area is 86.6 Å². The number of carboxylic acid groups (broad SMARTS) is 1. The fourth-order valence-electron chi connectivity index (χ4n) is 1.19. The van der Waals surface area contributed by atoms with E-state index in [1.165, 1.54) is 0 Å². The Morgan fingerprint density at radius 1 is 1.25 bits per heavy atom. The van der Waals surface area contributed by atoms with Crippen LogP contribution in [0.15, 0.2) is 0 Å². The molecule has 0 fully saturated rings. The van der Waals surface area contributed by atoms with Crippen LogP contribution in [0.1, 0.15) is 46.0 Å². The molecule has 1 radical (unpaired) electrons. The first-order valence-electron chi connectivity index (χ1n) is 4.45. The van der Waals surface area contributed by atoms with Crippen molar-refractivity contribution >= 4 is 5.97 Å². The molecular weight excluding hydrogens is 191 g/mol. The molecule has 0 aromatic rings. The van der Waals surface area contributed by atoms with Crippen LogP contribution in [0.5, 0.6) is 0 Å². The van der Waals surface area contributed by atoms with E-state index in [0.717, 1.165) is 32.1 Å². The Bertz CT molecular complexity index is 115. The maximum absolute atomic E-state index is 10.6. The van der Waals surface area contributed by atoms with Crippen LogP contribution < -0.4 is 0 Å². The molecule has 0 rings (SSSR count). The molecule has 0 aromatic heterocycles. The fourth-order valence-corrected chi connectivity index (χ4v) is 1.19. The van der Waals surface area contributed by atoms with Crippen molar-refractivity contribution < 1.29 is 28.5 Å². The van der Waals surface area contributed by atoms with E-state index in [1.807, 2.05) is 6.92 Å². The molecule has 0 saturated heterocycles. The summed E-state index contributed by atoms with van der Waals surface area (Å²) in [5, 5.41) is 8.73. The van der Waals surface area contributed by atoms with Crippen LogP contribution in [0.25, 0.3) is 0 Å². The predicted molar refractivity (Wildman–Crippen MR) is 45.6 cm³/mol. The predicted octanol–water partition coefficient (Wildman–Crippen LogP) is 2.68. The Morgan fingerprint density at radius 2 is 1.83 bits per heavy atom. The number of carbonyl (C=O) groups is 1. The van der Waals surface area contributed by atoms with Gasteiger partial charge in [-0.2, -0.15) is 0 Å². The van der Waals surface area contributed by atoms with Crippen molar-refractivity contribution in [2.75, 3.05) is 0 Å². The molecular formula is C9H18O2V. The molecule has 0 bridgehead atoms. The number of aliphatic carboxylic acids is 1. The summed E-state index contributed by atoms with van der Waals surface area (Å²) in [6.45, 7) is 4.12. The van der Waals surface area contributed by atoms with Gasteiger partial charge in [-0.3, -0.25) is 4.79 Å². The second kappa shape index (κ2) is 9.14. The summed E-state index contributed by atoms with van der Waals surface area (Å²) in [5.74, 6) is -0.722. The van der Waals surface area contributed by atoms with Gasteiger partial charge >= 0.3 is 5.97 Å². The number of unbranched alkanes of at least 4 members (excludes halogenated alkanes) is 1. The van der Waals surface area contributed by atoms with E-state index in [4.69, 9.17) is 5.11 Å². The number of carboxylic acids is 1. The zero-order chi connectivity index (χ0) is 8.69. The summed E-state index contributed by atoms with van der Waals surface area (Å²) in [6, 6.07) is 0. The molecule has 71 valence electrons. The Morgan fingerprint density at radius 3 is 2.17 bits per heavy atom. The van der Waals surface area contributed by atoms with Gasteiger partial charge in [0.05, 0.1) is 5.92 Å². The molecule has 0 aliphatic carbocycles. The van der Waals surface area contributed by atoms with Crippen molar-refractivity contribution in [2.24, 2.45) is 5.92 Å². The monoisotopic (exact) mass is 209 g/mol. The van der Waals surface area contributed by atoms with E-state index in [-0.39, 0.29) is 24.5 Å². The third-order valence-electron chi connectivity index (χ3n) is 1.89. The summed E-state index contributed by atoms with van der Waals surface area (Å²) < 4.78 is 0. The van der Waals surface area contributed by atoms with Crippen molar-refractivity contribution in [2.45, 2.75) is 46.0 Å². The van der Waals surface area contributed by atoms with Crippen LogP contribution in [0, 0.1) is 5.92 Å². The molecule has 1 N–H and O–H groups in total. The molecule has 1 unspecified atom stereocenters. The van der Waals surface area contributed by atoms with Crippen molar-refractivity contribution in [3.05, 3.63) is 0 Å². The Hall–Kier alpha value is 0.0544. The van der Waals surface area contributed by atoms with Gasteiger partial charge in [-0.1, -0.05) is 33.1 Å². The summed E-state index contributed by atoms with van der Waals surface area (Å²) in [4.78, 5) is 10.6. The second-order valence-corrected chi connectivity index (χ2v) is 2.97. The van der Waals surface area contributed by atoms with Crippen LogP contribution in [0.3, 0.4) is 0 Å². The van der Waals surface area contributed by atoms with Crippen molar-refractivity contribution in [1.29, 1.82) is 0 Å². The summed E-state index contributed by atoms with van der Waals surface area (Å²) >= 11 is 0. The van der Waals surface area contributed by atoms with Gasteiger partial charge in [-0.15, -0.1) is 0 Å². The molecule has 0 aliphatic rings. The van der Waals surface area contributed by atoms with Crippen LogP contribution in [0.2, 0.25) is 0 Å². The van der Waals surface area contributed by atoms with Crippen molar-refractivity contribution in [3.8, 4) is 0 Å². The molecule has 1 atom stereocenters. The minimum absolute atomic E-state index is 0. The van der Waals surface area contributed by atoms with Gasteiger partial charge in [0.25, 0.3) is 0 Å². The van der Waals surface area contributed by atoms with Gasteiger partial charge in [0, 0.05) is 18.6 Å². The third-order valence-corrected chi connectivity index (χ3v) is 1.89. The molecule has 0 heterocycles. The zero-order valence-electron chi connectivity index (χ0n) is 7.92. The molecule has 12 heavy (non-hydrogen) atoms. The minimum Gasteiger partial charge on any atom is -0.481 e. The van der Waals surface area contributed by atoms with Crippen LogP contribution in [-0.4, -0.2) is 11.1 Å². The largest absolute Gasteiger partial charge is 0.481 e. The Balaban J connectivity index is 0. The van der Waals surface area contributed by atoms with Crippen LogP contribution in [0.4, 0.5) is 0 Å². The van der Waals surface area contributed by atoms with E-state index in [1.54, 1.807) is 0 Å². The first-order chi connectivity index (χ1) is 5.22. The van der Waals surface area contributed by atoms with Crippen LogP contribution >= 0.6 is 0 Å². The van der Waals surface area contributed by atoms with Gasteiger partial charge in [-0.25, -0.2) is 0 Å². The maximum Gasteiger partial charge on any atom is 0.306 e. The molecule has 2 nitrogen and oxygen atoms in total. The number of hydrogen-bond acceptors (Lipinski definition) is 1. The average Bonchev–Trinajstić information content (AvgIpc) is 1.97. The summed E-state index contributed by atoms with van der Waals surface area (Å²) in [6.07, 6.45) is 4.78. The normalized spacial score (nSPS) is 11.8. The van der Waals surface area contributed by atoms with E-state index in [2.05, 4.69) is 6.92 Å². The maximum atomic E-state index is 10.6.